The van der Waals surface area contributed by atoms with E-state index >= 15 is 0 Å². The van der Waals surface area contributed by atoms with E-state index in [0.717, 1.165) is 12.1 Å². The summed E-state index contributed by atoms with van der Waals surface area (Å²) in [5, 5.41) is 22.3. The summed E-state index contributed by atoms with van der Waals surface area (Å²) in [5.74, 6) is -1.79. The lowest BCUT2D eigenvalue weighted by atomic mass is 10.3. The van der Waals surface area contributed by atoms with Gasteiger partial charge in [0.05, 0.1) is 11.5 Å². The molecule has 1 rings (SSSR count). The number of likely N-dealkylation sites (N-methyl/N-ethyl adjacent to an activating group) is 1. The highest BCUT2D eigenvalue weighted by molar-refractivity contribution is 5.87. The van der Waals surface area contributed by atoms with E-state index < -0.39 is 10.9 Å². The molecule has 0 bridgehead atoms. The van der Waals surface area contributed by atoms with Crippen LogP contribution in [0, 0.1) is 10.1 Å². The van der Waals surface area contributed by atoms with E-state index in [-0.39, 0.29) is 29.7 Å². The predicted octanol–water partition coefficient (Wildman–Crippen LogP) is 0.968. The Balaban J connectivity index is 2.95. The molecule has 21 heavy (non-hydrogen) atoms. The zero-order valence-electron chi connectivity index (χ0n) is 11.7. The van der Waals surface area contributed by atoms with Crippen molar-refractivity contribution in [2.45, 2.75) is 13.8 Å². The Labute approximate surface area is 120 Å². The van der Waals surface area contributed by atoms with Crippen molar-refractivity contribution in [2.75, 3.05) is 25.0 Å². The van der Waals surface area contributed by atoms with E-state index in [1.807, 2.05) is 13.8 Å². The SMILES string of the molecule is CCN(CC)C(=O)CNc1nc(C(=O)O)ccc1[N+](=O)[O-]. The molecule has 9 heteroatoms. The average Bonchev–Trinajstić information content (AvgIpc) is 2.45. The van der Waals surface area contributed by atoms with Crippen molar-refractivity contribution >= 4 is 23.4 Å². The number of hydrogen-bond donors (Lipinski definition) is 2. The minimum absolute atomic E-state index is 0.196. The van der Waals surface area contributed by atoms with Crippen molar-refractivity contribution in [2.24, 2.45) is 0 Å². The van der Waals surface area contributed by atoms with Crippen LogP contribution in [0.25, 0.3) is 0 Å². The topological polar surface area (TPSA) is 126 Å². The number of anilines is 1. The number of carbonyl (C=O) groups excluding carboxylic acids is 1. The molecule has 0 unspecified atom stereocenters. The fourth-order valence-electron chi connectivity index (χ4n) is 1.70. The molecular weight excluding hydrogens is 280 g/mol. The molecule has 0 saturated heterocycles. The van der Waals surface area contributed by atoms with E-state index in [9.17, 15) is 19.7 Å². The molecule has 114 valence electrons. The third-order valence-corrected chi connectivity index (χ3v) is 2.81. The predicted molar refractivity (Wildman–Crippen MR) is 74.3 cm³/mol. The zero-order chi connectivity index (χ0) is 16.0. The van der Waals surface area contributed by atoms with Crippen LogP contribution < -0.4 is 5.32 Å². The van der Waals surface area contributed by atoms with Crippen LogP contribution in [-0.4, -0.2) is 51.4 Å². The van der Waals surface area contributed by atoms with Crippen LogP contribution in [0.3, 0.4) is 0 Å². The number of carboxylic acids is 1. The molecule has 2 N–H and O–H groups in total. The zero-order valence-corrected chi connectivity index (χ0v) is 11.7. The molecule has 0 aliphatic carbocycles. The second-order valence-electron chi connectivity index (χ2n) is 4.05. The van der Waals surface area contributed by atoms with Crippen molar-refractivity contribution < 1.29 is 19.6 Å². The summed E-state index contributed by atoms with van der Waals surface area (Å²) < 4.78 is 0. The smallest absolute Gasteiger partial charge is 0.354 e. The van der Waals surface area contributed by atoms with Gasteiger partial charge in [0.1, 0.15) is 0 Å². The summed E-state index contributed by atoms with van der Waals surface area (Å²) >= 11 is 0. The maximum absolute atomic E-state index is 11.8. The lowest BCUT2D eigenvalue weighted by molar-refractivity contribution is -0.384. The van der Waals surface area contributed by atoms with Crippen LogP contribution in [0.5, 0.6) is 0 Å². The van der Waals surface area contributed by atoms with Gasteiger partial charge in [-0.3, -0.25) is 14.9 Å². The maximum Gasteiger partial charge on any atom is 0.354 e. The van der Waals surface area contributed by atoms with E-state index in [1.54, 1.807) is 4.90 Å². The normalized spacial score (nSPS) is 10.0. The van der Waals surface area contributed by atoms with Gasteiger partial charge >= 0.3 is 11.7 Å². The van der Waals surface area contributed by atoms with Crippen LogP contribution in [-0.2, 0) is 4.79 Å². The van der Waals surface area contributed by atoms with Crippen molar-refractivity contribution in [3.8, 4) is 0 Å². The molecule has 1 heterocycles. The Morgan fingerprint density at radius 3 is 2.48 bits per heavy atom. The number of hydrogen-bond acceptors (Lipinski definition) is 6. The number of nitrogens with zero attached hydrogens (tertiary/aromatic N) is 3. The first-order valence-corrected chi connectivity index (χ1v) is 6.31. The second kappa shape index (κ2) is 7.17. The van der Waals surface area contributed by atoms with Gasteiger partial charge in [0.2, 0.25) is 11.7 Å². The second-order valence-corrected chi connectivity index (χ2v) is 4.05. The van der Waals surface area contributed by atoms with Gasteiger partial charge in [0, 0.05) is 19.2 Å². The van der Waals surface area contributed by atoms with E-state index in [2.05, 4.69) is 10.3 Å². The van der Waals surface area contributed by atoms with Gasteiger partial charge < -0.3 is 15.3 Å². The van der Waals surface area contributed by atoms with Crippen molar-refractivity contribution in [1.29, 1.82) is 0 Å². The lowest BCUT2D eigenvalue weighted by Crippen LogP contribution is -2.35. The molecule has 1 aromatic rings. The van der Waals surface area contributed by atoms with Crippen LogP contribution in [0.15, 0.2) is 12.1 Å². The Morgan fingerprint density at radius 2 is 2.00 bits per heavy atom. The quantitative estimate of drug-likeness (QED) is 0.567. The number of carbonyl (C=O) groups is 2. The molecule has 0 saturated carbocycles. The molecule has 9 nitrogen and oxygen atoms in total. The van der Waals surface area contributed by atoms with Crippen molar-refractivity contribution in [3.05, 3.63) is 27.9 Å². The molecule has 1 aromatic heterocycles. The number of nitrogens with one attached hydrogen (secondary N) is 1. The van der Waals surface area contributed by atoms with E-state index in [1.165, 1.54) is 0 Å². The first kappa shape index (κ1) is 16.3. The summed E-state index contributed by atoms with van der Waals surface area (Å²) in [6.07, 6.45) is 0. The molecule has 0 aliphatic rings. The molecule has 0 aliphatic heterocycles. The van der Waals surface area contributed by atoms with Gasteiger partial charge in [-0.05, 0) is 19.9 Å². The summed E-state index contributed by atoms with van der Waals surface area (Å²) in [6, 6.07) is 2.08. The highest BCUT2D eigenvalue weighted by Gasteiger charge is 2.19. The minimum Gasteiger partial charge on any atom is -0.477 e. The summed E-state index contributed by atoms with van der Waals surface area (Å²) in [7, 11) is 0. The minimum atomic E-state index is -1.30. The average molecular weight is 296 g/mol. The van der Waals surface area contributed by atoms with Gasteiger partial charge in [0.25, 0.3) is 0 Å². The third kappa shape index (κ3) is 4.13. The number of amides is 1. The number of nitro groups is 1. The maximum atomic E-state index is 11.8. The van der Waals surface area contributed by atoms with E-state index in [0.29, 0.717) is 13.1 Å². The Hall–Kier alpha value is -2.71. The highest BCUT2D eigenvalue weighted by atomic mass is 16.6. The first-order chi connectivity index (χ1) is 9.90. The van der Waals surface area contributed by atoms with Crippen LogP contribution in [0.4, 0.5) is 11.5 Å². The number of aromatic nitrogens is 1. The van der Waals surface area contributed by atoms with E-state index in [4.69, 9.17) is 5.11 Å². The van der Waals surface area contributed by atoms with Gasteiger partial charge in [-0.2, -0.15) is 0 Å². The van der Waals surface area contributed by atoms with Crippen molar-refractivity contribution in [1.82, 2.24) is 9.88 Å². The number of aromatic carboxylic acids is 1. The molecule has 0 radical (unpaired) electrons. The molecule has 0 fully saturated rings. The largest absolute Gasteiger partial charge is 0.477 e. The number of pyridine rings is 1. The Bertz CT molecular complexity index is 557. The molecule has 1 amide bonds. The van der Waals surface area contributed by atoms with Gasteiger partial charge in [-0.15, -0.1) is 0 Å². The fraction of sp³-hybridized carbons (Fsp3) is 0.417. The van der Waals surface area contributed by atoms with Gasteiger partial charge in [0.15, 0.2) is 5.69 Å². The standard InChI is InChI=1S/C12H16N4O5/c1-3-15(4-2)10(17)7-13-11-9(16(20)21)6-5-8(14-11)12(18)19/h5-6H,3-4,7H2,1-2H3,(H,13,14)(H,18,19). The summed E-state index contributed by atoms with van der Waals surface area (Å²) in [6.45, 7) is 4.46. The Morgan fingerprint density at radius 1 is 1.38 bits per heavy atom. The van der Waals surface area contributed by atoms with Crippen LogP contribution in [0.2, 0.25) is 0 Å². The number of rotatable bonds is 7. The molecule has 0 aromatic carbocycles. The Kier molecular flexibility index (Phi) is 5.58. The highest BCUT2D eigenvalue weighted by Crippen LogP contribution is 2.21. The fourth-order valence-corrected chi connectivity index (χ4v) is 1.70. The lowest BCUT2D eigenvalue weighted by Gasteiger charge is -2.18. The van der Waals surface area contributed by atoms with Crippen LogP contribution in [0.1, 0.15) is 24.3 Å². The molecular formula is C12H16N4O5. The number of carboxylic acid groups (broad SMARTS) is 1. The first-order valence-electron chi connectivity index (χ1n) is 6.31. The van der Waals surface area contributed by atoms with Crippen molar-refractivity contribution in [3.63, 3.8) is 0 Å². The molecule has 0 atom stereocenters. The monoisotopic (exact) mass is 296 g/mol. The van der Waals surface area contributed by atoms with Gasteiger partial charge in [-0.25, -0.2) is 9.78 Å². The molecule has 0 spiro atoms. The summed E-state index contributed by atoms with van der Waals surface area (Å²) in [4.78, 5) is 38.0. The summed E-state index contributed by atoms with van der Waals surface area (Å²) in [5.41, 5.74) is -0.717. The third-order valence-electron chi connectivity index (χ3n) is 2.81. The van der Waals surface area contributed by atoms with Crippen LogP contribution >= 0.6 is 0 Å². The van der Waals surface area contributed by atoms with Gasteiger partial charge in [-0.1, -0.05) is 0 Å².